The van der Waals surface area contributed by atoms with Crippen LogP contribution in [-0.4, -0.2) is 5.84 Å². The summed E-state index contributed by atoms with van der Waals surface area (Å²) in [6.45, 7) is 10.5. The molecule has 2 nitrogen and oxygen atoms in total. The lowest BCUT2D eigenvalue weighted by Gasteiger charge is -2.18. The molecule has 1 heterocycles. The van der Waals surface area contributed by atoms with Crippen LogP contribution in [0.15, 0.2) is 47.7 Å². The van der Waals surface area contributed by atoms with Crippen LogP contribution in [0.3, 0.4) is 0 Å². The van der Waals surface area contributed by atoms with Crippen LogP contribution in [-0.2, 0) is 0 Å². The van der Waals surface area contributed by atoms with Crippen molar-refractivity contribution >= 4 is 11.5 Å². The van der Waals surface area contributed by atoms with E-state index >= 15 is 0 Å². The molecular formula is C13H17N2+. The largest absolute Gasteiger partial charge is 0.287 e. The molecule has 1 atom stereocenters. The van der Waals surface area contributed by atoms with Crippen molar-refractivity contribution in [3.8, 4) is 0 Å². The number of rotatable bonds is 3. The van der Waals surface area contributed by atoms with E-state index in [0.717, 1.165) is 11.5 Å². The second-order valence-electron chi connectivity index (χ2n) is 4.26. The van der Waals surface area contributed by atoms with Gasteiger partial charge in [-0.05, 0) is 11.7 Å². The summed E-state index contributed by atoms with van der Waals surface area (Å²) in [5.41, 5.74) is 2.33. The van der Waals surface area contributed by atoms with Crippen LogP contribution in [0.25, 0.3) is 0 Å². The number of allylic oxidation sites excluding steroid dienone is 1. The van der Waals surface area contributed by atoms with Gasteiger partial charge in [-0.25, -0.2) is 0 Å². The fraction of sp³-hybridized carbons (Fsp3) is 0.308. The van der Waals surface area contributed by atoms with Crippen molar-refractivity contribution in [2.75, 3.05) is 0 Å². The zero-order valence-electron chi connectivity index (χ0n) is 9.57. The fourth-order valence-corrected chi connectivity index (χ4v) is 1.89. The van der Waals surface area contributed by atoms with Crippen LogP contribution in [0, 0.1) is 5.92 Å². The van der Waals surface area contributed by atoms with Gasteiger partial charge >= 0.3 is 0 Å². The molecule has 0 radical (unpaired) electrons. The lowest BCUT2D eigenvalue weighted by atomic mass is 10.1. The molecule has 78 valence electrons. The molecule has 2 rings (SSSR count). The summed E-state index contributed by atoms with van der Waals surface area (Å²) < 4.78 is 0.540. The first-order valence-corrected chi connectivity index (χ1v) is 5.30. The van der Waals surface area contributed by atoms with Crippen LogP contribution in [0.4, 0.5) is 5.69 Å². The van der Waals surface area contributed by atoms with E-state index in [-0.39, 0.29) is 0 Å². The van der Waals surface area contributed by atoms with E-state index in [0.29, 0.717) is 10.5 Å². The molecule has 0 aliphatic carbocycles. The Bertz CT molecular complexity index is 417. The lowest BCUT2D eigenvalue weighted by Crippen LogP contribution is -2.32. The van der Waals surface area contributed by atoms with Crippen molar-refractivity contribution in [2.45, 2.75) is 20.8 Å². The first-order chi connectivity index (χ1) is 7.09. The fourth-order valence-electron chi connectivity index (χ4n) is 1.89. The van der Waals surface area contributed by atoms with E-state index in [1.54, 1.807) is 0 Å². The van der Waals surface area contributed by atoms with Crippen molar-refractivity contribution in [1.29, 1.82) is 0 Å². The summed E-state index contributed by atoms with van der Waals surface area (Å²) >= 11 is 0. The van der Waals surface area contributed by atoms with Gasteiger partial charge in [-0.15, -0.1) is 0 Å². The van der Waals surface area contributed by atoms with E-state index in [9.17, 15) is 0 Å². The van der Waals surface area contributed by atoms with Crippen molar-refractivity contribution in [1.82, 2.24) is 4.59 Å². The Hall–Kier alpha value is -1.41. The Morgan fingerprint density at radius 1 is 1.27 bits per heavy atom. The van der Waals surface area contributed by atoms with Gasteiger partial charge in [-0.3, -0.25) is 0 Å². The van der Waals surface area contributed by atoms with Gasteiger partial charge in [0.05, 0.1) is 0 Å². The number of benzene rings is 1. The Morgan fingerprint density at radius 2 is 1.80 bits per heavy atom. The molecule has 0 N–H and O–H groups in total. The highest BCUT2D eigenvalue weighted by molar-refractivity contribution is 6.03. The number of hydrogen-bond donors (Lipinski definition) is 0. The highest BCUT2D eigenvalue weighted by atomic mass is 15.8. The lowest BCUT2D eigenvalue weighted by molar-refractivity contribution is 0.550. The Kier molecular flexibility index (Phi) is 2.24. The monoisotopic (exact) mass is 201 g/mol. The van der Waals surface area contributed by atoms with Crippen molar-refractivity contribution < 1.29 is 0 Å². The summed E-state index contributed by atoms with van der Waals surface area (Å²) in [6.07, 6.45) is 0. The standard InChI is InChI=1S/C13H17N2/c1-10(2)11(3)15(12(4)14-15)13-8-6-5-7-9-13/h5-10H,3H2,1-2,4H3/q+1. The Labute approximate surface area is 91.1 Å². The zero-order valence-corrected chi connectivity index (χ0v) is 9.57. The third-order valence-electron chi connectivity index (χ3n) is 2.94. The molecule has 1 aliphatic heterocycles. The Balaban J connectivity index is 2.37. The molecule has 0 spiro atoms. The average molecular weight is 201 g/mol. The van der Waals surface area contributed by atoms with E-state index in [1.165, 1.54) is 5.69 Å². The molecule has 1 aromatic carbocycles. The topological polar surface area (TPSA) is 12.4 Å². The number of hydrogen-bond acceptors (Lipinski definition) is 1. The summed E-state index contributed by atoms with van der Waals surface area (Å²) in [6, 6.07) is 10.3. The van der Waals surface area contributed by atoms with Gasteiger partial charge in [0.2, 0.25) is 0 Å². The highest BCUT2D eigenvalue weighted by Crippen LogP contribution is 2.41. The number of quaternary nitrogens is 1. The highest BCUT2D eigenvalue weighted by Gasteiger charge is 2.52. The quantitative estimate of drug-likeness (QED) is 0.664. The minimum absolute atomic E-state index is 0.436. The first-order valence-electron chi connectivity index (χ1n) is 5.30. The van der Waals surface area contributed by atoms with Crippen LogP contribution < -0.4 is 4.59 Å². The maximum Gasteiger partial charge on any atom is 0.287 e. The number of para-hydroxylation sites is 1. The SMILES string of the molecule is C=C(C(C)C)[N+]1(c2ccccc2)N=C1C. The minimum Gasteiger partial charge on any atom is -0.0833 e. The molecular weight excluding hydrogens is 184 g/mol. The molecule has 0 saturated heterocycles. The number of nitrogens with zero attached hydrogens (tertiary/aromatic N) is 2. The third kappa shape index (κ3) is 1.41. The van der Waals surface area contributed by atoms with Crippen LogP contribution in [0.1, 0.15) is 20.8 Å². The van der Waals surface area contributed by atoms with E-state index in [2.05, 4.69) is 44.6 Å². The molecule has 1 unspecified atom stereocenters. The summed E-state index contributed by atoms with van der Waals surface area (Å²) in [7, 11) is 0. The van der Waals surface area contributed by atoms with Gasteiger partial charge in [0, 0.05) is 25.0 Å². The molecule has 0 fully saturated rings. The maximum atomic E-state index is 4.53. The maximum absolute atomic E-state index is 4.53. The van der Waals surface area contributed by atoms with Crippen molar-refractivity contribution in [3.63, 3.8) is 0 Å². The number of amidine groups is 1. The van der Waals surface area contributed by atoms with Crippen LogP contribution in [0.2, 0.25) is 0 Å². The van der Waals surface area contributed by atoms with Crippen LogP contribution in [0.5, 0.6) is 0 Å². The molecule has 2 heteroatoms. The third-order valence-corrected chi connectivity index (χ3v) is 2.94. The van der Waals surface area contributed by atoms with Gasteiger partial charge < -0.3 is 0 Å². The van der Waals surface area contributed by atoms with Gasteiger partial charge in [-0.1, -0.05) is 36.6 Å². The van der Waals surface area contributed by atoms with Crippen molar-refractivity contribution in [3.05, 3.63) is 42.6 Å². The average Bonchev–Trinajstić information content (AvgIpc) is 2.91. The van der Waals surface area contributed by atoms with Crippen LogP contribution >= 0.6 is 0 Å². The van der Waals surface area contributed by atoms with E-state index < -0.39 is 0 Å². The normalized spacial score (nSPS) is 23.9. The predicted octanol–water partition coefficient (Wildman–Crippen LogP) is 3.51. The summed E-state index contributed by atoms with van der Waals surface area (Å²) in [4.78, 5) is 0. The first kappa shape index (κ1) is 10.1. The van der Waals surface area contributed by atoms with E-state index in [4.69, 9.17) is 0 Å². The summed E-state index contributed by atoms with van der Waals surface area (Å²) in [5.74, 6) is 1.56. The summed E-state index contributed by atoms with van der Waals surface area (Å²) in [5, 5.41) is 4.53. The smallest absolute Gasteiger partial charge is 0.0833 e. The van der Waals surface area contributed by atoms with Crippen molar-refractivity contribution in [2.24, 2.45) is 11.0 Å². The Morgan fingerprint density at radius 3 is 2.20 bits per heavy atom. The minimum atomic E-state index is 0.436. The van der Waals surface area contributed by atoms with Gasteiger partial charge in [0.15, 0.2) is 5.69 Å². The van der Waals surface area contributed by atoms with Gasteiger partial charge in [0.25, 0.3) is 5.84 Å². The van der Waals surface area contributed by atoms with Gasteiger partial charge in [0.1, 0.15) is 5.70 Å². The molecule has 0 bridgehead atoms. The second kappa shape index (κ2) is 3.31. The molecule has 15 heavy (non-hydrogen) atoms. The predicted molar refractivity (Wildman–Crippen MR) is 65.3 cm³/mol. The zero-order chi connectivity index (χ0) is 11.1. The molecule has 1 aliphatic rings. The molecule has 0 aromatic heterocycles. The molecule has 0 saturated carbocycles. The molecule has 0 amide bonds. The van der Waals surface area contributed by atoms with Gasteiger partial charge in [-0.2, -0.15) is 0 Å². The second-order valence-corrected chi connectivity index (χ2v) is 4.26. The van der Waals surface area contributed by atoms with E-state index in [1.807, 2.05) is 18.2 Å². The molecule has 1 aromatic rings.